The van der Waals surface area contributed by atoms with Crippen molar-refractivity contribution < 1.29 is 0 Å². The van der Waals surface area contributed by atoms with Crippen LogP contribution in [0, 0.1) is 0 Å². The number of aromatic amines is 1. The van der Waals surface area contributed by atoms with Gasteiger partial charge in [-0.1, -0.05) is 24.3 Å². The first-order valence-corrected chi connectivity index (χ1v) is 10.2. The number of benzene rings is 2. The molecule has 2 N–H and O–H groups in total. The van der Waals surface area contributed by atoms with Gasteiger partial charge in [-0.3, -0.25) is 14.3 Å². The van der Waals surface area contributed by atoms with Crippen LogP contribution in [0.5, 0.6) is 0 Å². The molecule has 1 atom stereocenters. The van der Waals surface area contributed by atoms with Gasteiger partial charge in [-0.25, -0.2) is 0 Å². The Balaban J connectivity index is 1.36. The van der Waals surface area contributed by atoms with Gasteiger partial charge in [0.05, 0.1) is 17.3 Å². The molecule has 5 nitrogen and oxygen atoms in total. The standard InChI is InChI=1S/C21H23N5S/c1-25-19-6-3-2-5-17(19)21(24-25)20(26-11-4-12-26)14-23-27-16-8-7-15-9-10-22-18(15)13-16/h2-3,5-10,13,20,22-23H,4,11-12,14H2,1H3. The number of aromatic nitrogens is 3. The predicted octanol–water partition coefficient (Wildman–Crippen LogP) is 4.10. The van der Waals surface area contributed by atoms with E-state index in [-0.39, 0.29) is 0 Å². The second-order valence-electron chi connectivity index (χ2n) is 7.11. The van der Waals surface area contributed by atoms with Crippen molar-refractivity contribution in [2.24, 2.45) is 7.05 Å². The van der Waals surface area contributed by atoms with Crippen molar-refractivity contribution in [3.8, 4) is 0 Å². The summed E-state index contributed by atoms with van der Waals surface area (Å²) in [6, 6.07) is 17.4. The average Bonchev–Trinajstić information content (AvgIpc) is 3.24. The van der Waals surface area contributed by atoms with E-state index < -0.39 is 0 Å². The van der Waals surface area contributed by atoms with Gasteiger partial charge in [-0.05, 0) is 48.0 Å². The van der Waals surface area contributed by atoms with E-state index in [4.69, 9.17) is 5.10 Å². The molecule has 0 bridgehead atoms. The van der Waals surface area contributed by atoms with Crippen LogP contribution in [0.3, 0.4) is 0 Å². The van der Waals surface area contributed by atoms with Gasteiger partial charge in [0, 0.05) is 48.7 Å². The predicted molar refractivity (Wildman–Crippen MR) is 112 cm³/mol. The van der Waals surface area contributed by atoms with E-state index in [1.807, 2.05) is 17.9 Å². The quantitative estimate of drug-likeness (QED) is 0.497. The lowest BCUT2D eigenvalue weighted by Crippen LogP contribution is -2.43. The summed E-state index contributed by atoms with van der Waals surface area (Å²) >= 11 is 1.69. The summed E-state index contributed by atoms with van der Waals surface area (Å²) < 4.78 is 5.60. The molecule has 1 saturated heterocycles. The summed E-state index contributed by atoms with van der Waals surface area (Å²) in [4.78, 5) is 7.03. The Hall–Kier alpha value is -2.28. The topological polar surface area (TPSA) is 48.9 Å². The van der Waals surface area contributed by atoms with Crippen LogP contribution in [-0.2, 0) is 7.05 Å². The molecule has 5 rings (SSSR count). The number of fused-ring (bicyclic) bond motifs is 2. The zero-order valence-corrected chi connectivity index (χ0v) is 16.2. The molecule has 0 radical (unpaired) electrons. The van der Waals surface area contributed by atoms with E-state index in [0.717, 1.165) is 19.6 Å². The molecule has 4 aromatic rings. The van der Waals surface area contributed by atoms with Crippen molar-refractivity contribution >= 4 is 33.8 Å². The molecule has 138 valence electrons. The Morgan fingerprint density at radius 2 is 2.07 bits per heavy atom. The third-order valence-electron chi connectivity index (χ3n) is 5.43. The fraction of sp³-hybridized carbons (Fsp3) is 0.286. The SMILES string of the molecule is Cn1nc(C(CNSc2ccc3cc[nH]c3c2)N2CCC2)c2ccccc21. The van der Waals surface area contributed by atoms with Crippen LogP contribution in [0.4, 0.5) is 0 Å². The van der Waals surface area contributed by atoms with Gasteiger partial charge in [0.2, 0.25) is 0 Å². The average molecular weight is 378 g/mol. The van der Waals surface area contributed by atoms with Gasteiger partial charge in [-0.15, -0.1) is 0 Å². The van der Waals surface area contributed by atoms with Crippen molar-refractivity contribution in [1.82, 2.24) is 24.4 Å². The molecule has 0 spiro atoms. The maximum Gasteiger partial charge on any atom is 0.0888 e. The molecule has 27 heavy (non-hydrogen) atoms. The minimum absolute atomic E-state index is 0.298. The van der Waals surface area contributed by atoms with Crippen LogP contribution in [0.2, 0.25) is 0 Å². The first-order chi connectivity index (χ1) is 13.3. The molecule has 6 heteroatoms. The molecular formula is C21H23N5S. The first-order valence-electron chi connectivity index (χ1n) is 9.42. The maximum atomic E-state index is 4.87. The Kier molecular flexibility index (Phi) is 4.39. The van der Waals surface area contributed by atoms with E-state index >= 15 is 0 Å². The fourth-order valence-electron chi connectivity index (χ4n) is 3.83. The van der Waals surface area contributed by atoms with E-state index in [1.165, 1.54) is 38.8 Å². The molecule has 0 saturated carbocycles. The van der Waals surface area contributed by atoms with Crippen LogP contribution in [-0.4, -0.2) is 39.3 Å². The highest BCUT2D eigenvalue weighted by Gasteiger charge is 2.29. The number of H-pyrrole nitrogens is 1. The summed E-state index contributed by atoms with van der Waals surface area (Å²) in [5.41, 5.74) is 3.56. The van der Waals surface area contributed by atoms with Crippen molar-refractivity contribution in [1.29, 1.82) is 0 Å². The Labute approximate surface area is 162 Å². The van der Waals surface area contributed by atoms with E-state index in [2.05, 4.69) is 63.1 Å². The number of nitrogens with zero attached hydrogens (tertiary/aromatic N) is 3. The minimum atomic E-state index is 0.298. The number of aryl methyl sites for hydroxylation is 1. The number of para-hydroxylation sites is 1. The highest BCUT2D eigenvalue weighted by atomic mass is 32.2. The van der Waals surface area contributed by atoms with Crippen molar-refractivity contribution in [2.45, 2.75) is 17.4 Å². The minimum Gasteiger partial charge on any atom is -0.361 e. The molecule has 1 unspecified atom stereocenters. The largest absolute Gasteiger partial charge is 0.361 e. The third kappa shape index (κ3) is 3.14. The van der Waals surface area contributed by atoms with Gasteiger partial charge < -0.3 is 4.98 Å². The highest BCUT2D eigenvalue weighted by molar-refractivity contribution is 7.97. The lowest BCUT2D eigenvalue weighted by Gasteiger charge is -2.37. The monoisotopic (exact) mass is 377 g/mol. The first kappa shape index (κ1) is 16.9. The number of likely N-dealkylation sites (tertiary alicyclic amines) is 1. The maximum absolute atomic E-state index is 4.87. The van der Waals surface area contributed by atoms with Crippen LogP contribution in [0.15, 0.2) is 59.6 Å². The molecule has 1 aliphatic rings. The van der Waals surface area contributed by atoms with Crippen molar-refractivity contribution in [3.63, 3.8) is 0 Å². The van der Waals surface area contributed by atoms with Gasteiger partial charge in [0.25, 0.3) is 0 Å². The smallest absolute Gasteiger partial charge is 0.0888 e. The van der Waals surface area contributed by atoms with E-state index in [9.17, 15) is 0 Å². The second-order valence-corrected chi connectivity index (χ2v) is 8.07. The summed E-state index contributed by atoms with van der Waals surface area (Å²) in [5, 5.41) is 7.38. The van der Waals surface area contributed by atoms with Crippen LogP contribution >= 0.6 is 11.9 Å². The summed E-state index contributed by atoms with van der Waals surface area (Å²) in [6.07, 6.45) is 3.26. The zero-order chi connectivity index (χ0) is 18.2. The number of nitrogens with one attached hydrogen (secondary N) is 2. The van der Waals surface area contributed by atoms with Gasteiger partial charge in [0.15, 0.2) is 0 Å². The number of rotatable bonds is 6. The van der Waals surface area contributed by atoms with Crippen molar-refractivity contribution in [3.05, 3.63) is 60.4 Å². The Morgan fingerprint density at radius 3 is 2.93 bits per heavy atom. The summed E-state index contributed by atoms with van der Waals surface area (Å²) in [5.74, 6) is 0. The van der Waals surface area contributed by atoms with Crippen LogP contribution in [0.25, 0.3) is 21.8 Å². The van der Waals surface area contributed by atoms with Gasteiger partial charge >= 0.3 is 0 Å². The molecule has 2 aromatic carbocycles. The van der Waals surface area contributed by atoms with Crippen molar-refractivity contribution in [2.75, 3.05) is 19.6 Å². The molecule has 1 fully saturated rings. The Bertz CT molecular complexity index is 1080. The molecule has 3 heterocycles. The molecule has 1 aliphatic heterocycles. The van der Waals surface area contributed by atoms with Crippen LogP contribution < -0.4 is 4.72 Å². The van der Waals surface area contributed by atoms with E-state index in [0.29, 0.717) is 6.04 Å². The lowest BCUT2D eigenvalue weighted by atomic mass is 10.0. The summed E-state index contributed by atoms with van der Waals surface area (Å²) in [6.45, 7) is 3.17. The molecule has 2 aromatic heterocycles. The number of hydrogen-bond donors (Lipinski definition) is 2. The second kappa shape index (κ2) is 7.03. The molecular weight excluding hydrogens is 354 g/mol. The van der Waals surface area contributed by atoms with E-state index in [1.54, 1.807) is 11.9 Å². The summed E-state index contributed by atoms with van der Waals surface area (Å²) in [7, 11) is 2.03. The molecule has 0 aliphatic carbocycles. The van der Waals surface area contributed by atoms with Crippen LogP contribution in [0.1, 0.15) is 18.2 Å². The third-order valence-corrected chi connectivity index (χ3v) is 6.23. The highest BCUT2D eigenvalue weighted by Crippen LogP contribution is 2.31. The number of hydrogen-bond acceptors (Lipinski definition) is 4. The lowest BCUT2D eigenvalue weighted by molar-refractivity contribution is 0.118. The zero-order valence-electron chi connectivity index (χ0n) is 15.4. The normalized spacial score (nSPS) is 16.0. The molecule has 0 amide bonds. The Morgan fingerprint density at radius 1 is 1.19 bits per heavy atom. The fourth-order valence-corrected chi connectivity index (χ4v) is 4.55. The van der Waals surface area contributed by atoms with Gasteiger partial charge in [0.1, 0.15) is 0 Å². The van der Waals surface area contributed by atoms with Gasteiger partial charge in [-0.2, -0.15) is 5.10 Å².